The van der Waals surface area contributed by atoms with Gasteiger partial charge in [-0.15, -0.1) is 0 Å². The average Bonchev–Trinajstić information content (AvgIpc) is 2.74. The van der Waals surface area contributed by atoms with Gasteiger partial charge < -0.3 is 19.9 Å². The van der Waals surface area contributed by atoms with Crippen molar-refractivity contribution in [1.82, 2.24) is 15.0 Å². The molecule has 0 aromatic carbocycles. The number of nitrogens with zero attached hydrogens (tertiary/aromatic N) is 6. The predicted octanol–water partition coefficient (Wildman–Crippen LogP) is 2.28. The van der Waals surface area contributed by atoms with Gasteiger partial charge in [0.1, 0.15) is 17.7 Å². The Kier molecular flexibility index (Phi) is 5.76. The summed E-state index contributed by atoms with van der Waals surface area (Å²) < 4.78 is 5.42. The molecule has 1 unspecified atom stereocenters. The molecule has 8 nitrogen and oxygen atoms in total. The first-order valence-corrected chi connectivity index (χ1v) is 10.2. The maximum absolute atomic E-state index is 9.61. The molecule has 8 heteroatoms. The van der Waals surface area contributed by atoms with Gasteiger partial charge in [-0.05, 0) is 44.4 Å². The third-order valence-corrected chi connectivity index (χ3v) is 5.45. The monoisotopic (exact) mass is 393 g/mol. The SMILES string of the molecule is Cc1cc(C)c(C#N)c(N2CCCC(Nc3ccnc(N4CCOCC4)n3)C2)n1. The van der Waals surface area contributed by atoms with Crippen LogP contribution in [0.25, 0.3) is 0 Å². The first-order chi connectivity index (χ1) is 14.1. The highest BCUT2D eigenvalue weighted by Crippen LogP contribution is 2.26. The maximum Gasteiger partial charge on any atom is 0.227 e. The van der Waals surface area contributed by atoms with Gasteiger partial charge in [-0.1, -0.05) is 0 Å². The van der Waals surface area contributed by atoms with E-state index in [0.717, 1.165) is 67.9 Å². The smallest absolute Gasteiger partial charge is 0.227 e. The summed E-state index contributed by atoms with van der Waals surface area (Å²) in [5, 5.41) is 13.2. The number of hydrogen-bond acceptors (Lipinski definition) is 8. The molecule has 4 heterocycles. The van der Waals surface area contributed by atoms with Crippen LogP contribution >= 0.6 is 0 Å². The summed E-state index contributed by atoms with van der Waals surface area (Å²) in [5.74, 6) is 2.38. The zero-order chi connectivity index (χ0) is 20.2. The van der Waals surface area contributed by atoms with Gasteiger partial charge in [0.15, 0.2) is 0 Å². The van der Waals surface area contributed by atoms with E-state index in [2.05, 4.69) is 31.2 Å². The van der Waals surface area contributed by atoms with Gasteiger partial charge in [0.05, 0.1) is 18.8 Å². The number of piperidine rings is 1. The summed E-state index contributed by atoms with van der Waals surface area (Å²) in [7, 11) is 0. The van der Waals surface area contributed by atoms with Crippen LogP contribution in [0.5, 0.6) is 0 Å². The van der Waals surface area contributed by atoms with Crippen molar-refractivity contribution in [3.05, 3.63) is 35.2 Å². The fourth-order valence-electron chi connectivity index (χ4n) is 4.03. The minimum atomic E-state index is 0.241. The van der Waals surface area contributed by atoms with Crippen molar-refractivity contribution in [1.29, 1.82) is 5.26 Å². The van der Waals surface area contributed by atoms with Gasteiger partial charge in [-0.25, -0.2) is 9.97 Å². The van der Waals surface area contributed by atoms with Crippen LogP contribution in [0.15, 0.2) is 18.3 Å². The van der Waals surface area contributed by atoms with E-state index < -0.39 is 0 Å². The number of nitrogens with one attached hydrogen (secondary N) is 1. The highest BCUT2D eigenvalue weighted by Gasteiger charge is 2.24. The number of aryl methyl sites for hydroxylation is 2. The lowest BCUT2D eigenvalue weighted by Crippen LogP contribution is -2.43. The molecule has 1 atom stereocenters. The lowest BCUT2D eigenvalue weighted by atomic mass is 10.0. The molecule has 4 rings (SSSR count). The van der Waals surface area contributed by atoms with Gasteiger partial charge in [0.2, 0.25) is 5.95 Å². The van der Waals surface area contributed by atoms with Crippen LogP contribution < -0.4 is 15.1 Å². The molecular weight excluding hydrogens is 366 g/mol. The number of hydrogen-bond donors (Lipinski definition) is 1. The molecule has 2 aliphatic rings. The Morgan fingerprint density at radius 1 is 1.17 bits per heavy atom. The largest absolute Gasteiger partial charge is 0.378 e. The predicted molar refractivity (Wildman–Crippen MR) is 112 cm³/mol. The van der Waals surface area contributed by atoms with Crippen molar-refractivity contribution < 1.29 is 4.74 Å². The summed E-state index contributed by atoms with van der Waals surface area (Å²) in [6.07, 6.45) is 3.90. The number of ether oxygens (including phenoxy) is 1. The van der Waals surface area contributed by atoms with E-state index in [1.54, 1.807) is 6.20 Å². The summed E-state index contributed by atoms with van der Waals surface area (Å²) in [4.78, 5) is 18.2. The van der Waals surface area contributed by atoms with Crippen LogP contribution in [-0.4, -0.2) is 60.4 Å². The third-order valence-electron chi connectivity index (χ3n) is 5.45. The number of anilines is 3. The van der Waals surface area contributed by atoms with Gasteiger partial charge in [0.25, 0.3) is 0 Å². The van der Waals surface area contributed by atoms with Crippen molar-refractivity contribution in [3.63, 3.8) is 0 Å². The van der Waals surface area contributed by atoms with E-state index in [-0.39, 0.29) is 6.04 Å². The molecule has 0 amide bonds. The number of rotatable bonds is 4. The van der Waals surface area contributed by atoms with Gasteiger partial charge in [-0.3, -0.25) is 0 Å². The third kappa shape index (κ3) is 4.40. The summed E-state index contributed by atoms with van der Waals surface area (Å²) >= 11 is 0. The van der Waals surface area contributed by atoms with Crippen molar-refractivity contribution in [2.24, 2.45) is 0 Å². The van der Waals surface area contributed by atoms with E-state index in [0.29, 0.717) is 18.8 Å². The number of aromatic nitrogens is 3. The van der Waals surface area contributed by atoms with E-state index in [4.69, 9.17) is 9.72 Å². The molecule has 0 aliphatic carbocycles. The van der Waals surface area contributed by atoms with Crippen LogP contribution in [0, 0.1) is 25.2 Å². The van der Waals surface area contributed by atoms with Crippen molar-refractivity contribution in [2.45, 2.75) is 32.7 Å². The molecule has 29 heavy (non-hydrogen) atoms. The zero-order valence-corrected chi connectivity index (χ0v) is 17.1. The Balaban J connectivity index is 1.48. The molecule has 1 N–H and O–H groups in total. The molecule has 2 aromatic heterocycles. The highest BCUT2D eigenvalue weighted by atomic mass is 16.5. The highest BCUT2D eigenvalue weighted by molar-refractivity contribution is 5.58. The molecule has 0 saturated carbocycles. The second kappa shape index (κ2) is 8.62. The molecule has 2 aliphatic heterocycles. The minimum absolute atomic E-state index is 0.241. The second-order valence-corrected chi connectivity index (χ2v) is 7.66. The first kappa shape index (κ1) is 19.4. The maximum atomic E-state index is 9.61. The molecule has 152 valence electrons. The molecule has 2 aromatic rings. The first-order valence-electron chi connectivity index (χ1n) is 10.2. The van der Waals surface area contributed by atoms with Gasteiger partial charge in [0, 0.05) is 44.1 Å². The van der Waals surface area contributed by atoms with Gasteiger partial charge in [-0.2, -0.15) is 10.2 Å². The van der Waals surface area contributed by atoms with Crippen molar-refractivity contribution in [3.8, 4) is 6.07 Å². The molecule has 2 fully saturated rings. The van der Waals surface area contributed by atoms with Crippen LogP contribution in [0.3, 0.4) is 0 Å². The number of morpholine rings is 1. The molecular formula is C21H27N7O. The van der Waals surface area contributed by atoms with E-state index in [9.17, 15) is 5.26 Å². The quantitative estimate of drug-likeness (QED) is 0.846. The molecule has 2 saturated heterocycles. The van der Waals surface area contributed by atoms with Crippen LogP contribution in [0.1, 0.15) is 29.7 Å². The number of nitriles is 1. The molecule has 0 spiro atoms. The fourth-order valence-corrected chi connectivity index (χ4v) is 4.03. The van der Waals surface area contributed by atoms with Crippen LogP contribution in [0.4, 0.5) is 17.6 Å². The Labute approximate surface area is 171 Å². The second-order valence-electron chi connectivity index (χ2n) is 7.66. The molecule has 0 bridgehead atoms. The van der Waals surface area contributed by atoms with Crippen LogP contribution in [0.2, 0.25) is 0 Å². The molecule has 0 radical (unpaired) electrons. The van der Waals surface area contributed by atoms with Crippen molar-refractivity contribution in [2.75, 3.05) is 54.5 Å². The summed E-state index contributed by atoms with van der Waals surface area (Å²) in [6.45, 7) is 8.71. The zero-order valence-electron chi connectivity index (χ0n) is 17.1. The average molecular weight is 393 g/mol. The number of pyridine rings is 1. The normalized spacial score (nSPS) is 19.7. The lowest BCUT2D eigenvalue weighted by molar-refractivity contribution is 0.122. The Hall–Kier alpha value is -2.92. The lowest BCUT2D eigenvalue weighted by Gasteiger charge is -2.35. The van der Waals surface area contributed by atoms with E-state index >= 15 is 0 Å². The minimum Gasteiger partial charge on any atom is -0.378 e. The summed E-state index contributed by atoms with van der Waals surface area (Å²) in [5.41, 5.74) is 2.60. The Morgan fingerprint density at radius 2 is 2.00 bits per heavy atom. The van der Waals surface area contributed by atoms with Crippen molar-refractivity contribution >= 4 is 17.6 Å². The Morgan fingerprint density at radius 3 is 2.79 bits per heavy atom. The summed E-state index contributed by atoms with van der Waals surface area (Å²) in [6, 6.07) is 6.46. The Bertz CT molecular complexity index is 904. The standard InChI is InChI=1S/C21H27N7O/c1-15-12-16(2)24-20(18(15)13-22)28-7-3-4-17(14-28)25-19-5-6-23-21(26-19)27-8-10-29-11-9-27/h5-6,12,17H,3-4,7-11,14H2,1-2H3,(H,23,25,26). The van der Waals surface area contributed by atoms with Gasteiger partial charge >= 0.3 is 0 Å². The topological polar surface area (TPSA) is 90.2 Å². The fraction of sp³-hybridized carbons (Fsp3) is 0.524. The van der Waals surface area contributed by atoms with E-state index in [1.807, 2.05) is 26.0 Å². The van der Waals surface area contributed by atoms with Crippen LogP contribution in [-0.2, 0) is 4.74 Å². The van der Waals surface area contributed by atoms with E-state index in [1.165, 1.54) is 0 Å².